The molecular formula is C12H17FN2O. The minimum atomic E-state index is -0.540. The summed E-state index contributed by atoms with van der Waals surface area (Å²) >= 11 is 0. The predicted octanol–water partition coefficient (Wildman–Crippen LogP) is 2.33. The lowest BCUT2D eigenvalue weighted by molar-refractivity contribution is 0.0949. The number of benzene rings is 1. The zero-order valence-corrected chi connectivity index (χ0v) is 9.42. The molecule has 0 aliphatic carbocycles. The van der Waals surface area contributed by atoms with E-state index in [1.165, 1.54) is 18.2 Å². The Hall–Kier alpha value is -1.58. The van der Waals surface area contributed by atoms with Gasteiger partial charge in [-0.2, -0.15) is 0 Å². The molecule has 1 rings (SSSR count). The summed E-state index contributed by atoms with van der Waals surface area (Å²) in [6.07, 6.45) is 3.05. The van der Waals surface area contributed by atoms with Crippen LogP contribution in [0.1, 0.15) is 36.5 Å². The Morgan fingerprint density at radius 3 is 2.88 bits per heavy atom. The van der Waals surface area contributed by atoms with Gasteiger partial charge in [-0.05, 0) is 24.6 Å². The molecular weight excluding hydrogens is 207 g/mol. The zero-order chi connectivity index (χ0) is 12.0. The number of unbranched alkanes of at least 4 members (excludes halogenated alkanes) is 2. The van der Waals surface area contributed by atoms with Gasteiger partial charge >= 0.3 is 0 Å². The zero-order valence-electron chi connectivity index (χ0n) is 9.42. The summed E-state index contributed by atoms with van der Waals surface area (Å²) in [4.78, 5) is 11.6. The van der Waals surface area contributed by atoms with Crippen molar-refractivity contribution in [3.63, 3.8) is 0 Å². The summed E-state index contributed by atoms with van der Waals surface area (Å²) in [6.45, 7) is 2.65. The second kappa shape index (κ2) is 6.10. The highest BCUT2D eigenvalue weighted by Gasteiger charge is 2.10. The van der Waals surface area contributed by atoms with Crippen LogP contribution in [-0.2, 0) is 0 Å². The fraction of sp³-hybridized carbons (Fsp3) is 0.417. The summed E-state index contributed by atoms with van der Waals surface area (Å²) in [5.74, 6) is -0.942. The molecule has 0 saturated heterocycles. The molecule has 0 heterocycles. The highest BCUT2D eigenvalue weighted by Crippen LogP contribution is 2.11. The molecule has 0 saturated carbocycles. The van der Waals surface area contributed by atoms with E-state index in [0.29, 0.717) is 12.2 Å². The Bertz CT molecular complexity index is 366. The molecule has 4 heteroatoms. The van der Waals surface area contributed by atoms with Gasteiger partial charge in [0, 0.05) is 12.2 Å². The summed E-state index contributed by atoms with van der Waals surface area (Å²) in [5, 5.41) is 2.67. The highest BCUT2D eigenvalue weighted by atomic mass is 19.1. The Labute approximate surface area is 94.8 Å². The number of nitrogens with one attached hydrogen (secondary N) is 1. The van der Waals surface area contributed by atoms with Crippen LogP contribution < -0.4 is 11.1 Å². The number of rotatable bonds is 5. The number of carbonyl (C=O) groups is 1. The first-order valence-electron chi connectivity index (χ1n) is 5.48. The average molecular weight is 224 g/mol. The molecule has 1 amide bonds. The van der Waals surface area contributed by atoms with Crippen molar-refractivity contribution >= 4 is 11.6 Å². The summed E-state index contributed by atoms with van der Waals surface area (Å²) in [7, 11) is 0. The van der Waals surface area contributed by atoms with Gasteiger partial charge in [0.2, 0.25) is 0 Å². The molecule has 0 aliphatic rings. The molecule has 16 heavy (non-hydrogen) atoms. The lowest BCUT2D eigenvalue weighted by Crippen LogP contribution is -2.25. The molecule has 3 N–H and O–H groups in total. The molecule has 0 aliphatic heterocycles. The first kappa shape index (κ1) is 12.5. The van der Waals surface area contributed by atoms with Gasteiger partial charge in [-0.1, -0.05) is 19.8 Å². The van der Waals surface area contributed by atoms with Gasteiger partial charge in [0.15, 0.2) is 0 Å². The molecule has 0 fully saturated rings. The summed E-state index contributed by atoms with van der Waals surface area (Å²) < 4.78 is 13.3. The van der Waals surface area contributed by atoms with E-state index < -0.39 is 11.7 Å². The van der Waals surface area contributed by atoms with Crippen LogP contribution in [0.2, 0.25) is 0 Å². The molecule has 0 radical (unpaired) electrons. The second-order valence-electron chi connectivity index (χ2n) is 3.70. The maximum absolute atomic E-state index is 13.3. The molecule has 1 aromatic carbocycles. The van der Waals surface area contributed by atoms with Crippen LogP contribution >= 0.6 is 0 Å². The third kappa shape index (κ3) is 3.53. The van der Waals surface area contributed by atoms with Crippen LogP contribution in [0, 0.1) is 5.82 Å². The molecule has 0 spiro atoms. The number of nitrogens with two attached hydrogens (primary N) is 1. The van der Waals surface area contributed by atoms with Gasteiger partial charge in [0.25, 0.3) is 5.91 Å². The van der Waals surface area contributed by atoms with Crippen LogP contribution in [-0.4, -0.2) is 12.5 Å². The first-order chi connectivity index (χ1) is 7.65. The molecule has 1 aromatic rings. The highest BCUT2D eigenvalue weighted by molar-refractivity contribution is 5.95. The third-order valence-corrected chi connectivity index (χ3v) is 2.30. The van der Waals surface area contributed by atoms with Crippen molar-refractivity contribution in [3.8, 4) is 0 Å². The van der Waals surface area contributed by atoms with Gasteiger partial charge in [-0.15, -0.1) is 0 Å². The fourth-order valence-electron chi connectivity index (χ4n) is 1.39. The standard InChI is InChI=1S/C12H17FN2O/c1-2-3-4-7-15-12(16)10-8-9(14)5-6-11(10)13/h5-6,8H,2-4,7,14H2,1H3,(H,15,16). The van der Waals surface area contributed by atoms with E-state index >= 15 is 0 Å². The minimum absolute atomic E-state index is 0.0106. The monoisotopic (exact) mass is 224 g/mol. The maximum atomic E-state index is 13.3. The molecule has 3 nitrogen and oxygen atoms in total. The molecule has 0 atom stereocenters. The SMILES string of the molecule is CCCCCNC(=O)c1cc(N)ccc1F. The average Bonchev–Trinajstić information content (AvgIpc) is 2.27. The maximum Gasteiger partial charge on any atom is 0.254 e. The van der Waals surface area contributed by atoms with Crippen LogP contribution in [0.5, 0.6) is 0 Å². The topological polar surface area (TPSA) is 55.1 Å². The van der Waals surface area contributed by atoms with Crippen molar-refractivity contribution in [1.82, 2.24) is 5.32 Å². The number of halogens is 1. The number of nitrogen functional groups attached to an aromatic ring is 1. The van der Waals surface area contributed by atoms with Crippen molar-refractivity contribution in [2.24, 2.45) is 0 Å². The summed E-state index contributed by atoms with van der Waals surface area (Å²) in [6, 6.07) is 3.99. The Morgan fingerprint density at radius 1 is 1.44 bits per heavy atom. The molecule has 0 aromatic heterocycles. The largest absolute Gasteiger partial charge is 0.399 e. The Balaban J connectivity index is 2.55. The normalized spacial score (nSPS) is 10.1. The summed E-state index contributed by atoms with van der Waals surface area (Å²) in [5.41, 5.74) is 5.89. The van der Waals surface area contributed by atoms with Crippen LogP contribution in [0.15, 0.2) is 18.2 Å². The van der Waals surface area contributed by atoms with Crippen molar-refractivity contribution in [1.29, 1.82) is 0 Å². The number of carbonyl (C=O) groups excluding carboxylic acids is 1. The molecule has 0 unspecified atom stereocenters. The van der Waals surface area contributed by atoms with Crippen LogP contribution in [0.4, 0.5) is 10.1 Å². The van der Waals surface area contributed by atoms with Gasteiger partial charge in [0.05, 0.1) is 5.56 Å². The van der Waals surface area contributed by atoms with E-state index in [4.69, 9.17) is 5.73 Å². The van der Waals surface area contributed by atoms with Crippen molar-refractivity contribution in [2.75, 3.05) is 12.3 Å². The van der Waals surface area contributed by atoms with Gasteiger partial charge in [-0.3, -0.25) is 4.79 Å². The number of anilines is 1. The molecule has 0 bridgehead atoms. The predicted molar refractivity (Wildman–Crippen MR) is 62.7 cm³/mol. The van der Waals surface area contributed by atoms with E-state index in [0.717, 1.165) is 19.3 Å². The van der Waals surface area contributed by atoms with E-state index in [-0.39, 0.29) is 5.56 Å². The van der Waals surface area contributed by atoms with Crippen molar-refractivity contribution in [3.05, 3.63) is 29.6 Å². The quantitative estimate of drug-likeness (QED) is 0.595. The number of hydrogen-bond acceptors (Lipinski definition) is 2. The third-order valence-electron chi connectivity index (χ3n) is 2.30. The van der Waals surface area contributed by atoms with E-state index in [2.05, 4.69) is 12.2 Å². The van der Waals surface area contributed by atoms with Crippen LogP contribution in [0.25, 0.3) is 0 Å². The smallest absolute Gasteiger partial charge is 0.254 e. The first-order valence-corrected chi connectivity index (χ1v) is 5.48. The van der Waals surface area contributed by atoms with E-state index in [9.17, 15) is 9.18 Å². The van der Waals surface area contributed by atoms with Crippen LogP contribution in [0.3, 0.4) is 0 Å². The second-order valence-corrected chi connectivity index (χ2v) is 3.70. The van der Waals surface area contributed by atoms with Gasteiger partial charge in [0.1, 0.15) is 5.82 Å². The molecule has 88 valence electrons. The Kier molecular flexibility index (Phi) is 4.76. The van der Waals surface area contributed by atoms with Gasteiger partial charge in [-0.25, -0.2) is 4.39 Å². The minimum Gasteiger partial charge on any atom is -0.399 e. The lowest BCUT2D eigenvalue weighted by Gasteiger charge is -2.06. The van der Waals surface area contributed by atoms with Crippen molar-refractivity contribution < 1.29 is 9.18 Å². The number of hydrogen-bond donors (Lipinski definition) is 2. The van der Waals surface area contributed by atoms with Crippen molar-refractivity contribution in [2.45, 2.75) is 26.2 Å². The van der Waals surface area contributed by atoms with Gasteiger partial charge < -0.3 is 11.1 Å². The van der Waals surface area contributed by atoms with E-state index in [1.54, 1.807) is 0 Å². The van der Waals surface area contributed by atoms with E-state index in [1.807, 2.05) is 0 Å². The number of amides is 1. The lowest BCUT2D eigenvalue weighted by atomic mass is 10.1. The Morgan fingerprint density at radius 2 is 2.19 bits per heavy atom. The fourth-order valence-corrected chi connectivity index (χ4v) is 1.39.